The zero-order valence-corrected chi connectivity index (χ0v) is 17.3. The maximum absolute atomic E-state index is 11.5. The number of rotatable bonds is 3. The first kappa shape index (κ1) is 20.3. The highest BCUT2D eigenvalue weighted by atomic mass is 16.3. The summed E-state index contributed by atoms with van der Waals surface area (Å²) in [5.74, 6) is 0. The Balaban J connectivity index is 1.68. The smallest absolute Gasteiger partial charge is 0.0868 e. The van der Waals surface area contributed by atoms with Gasteiger partial charge in [0.1, 0.15) is 0 Å². The van der Waals surface area contributed by atoms with Crippen LogP contribution < -0.4 is 0 Å². The normalized spacial score (nSPS) is 39.1. The van der Waals surface area contributed by atoms with Crippen molar-refractivity contribution in [3.63, 3.8) is 0 Å². The lowest BCUT2D eigenvalue weighted by molar-refractivity contribution is -0.0713. The van der Waals surface area contributed by atoms with E-state index in [1.54, 1.807) is 0 Å². The maximum atomic E-state index is 11.5. The minimum absolute atomic E-state index is 0.184. The van der Waals surface area contributed by atoms with Crippen molar-refractivity contribution in [3.8, 4) is 0 Å². The van der Waals surface area contributed by atoms with Gasteiger partial charge in [-0.15, -0.1) is 0 Å². The van der Waals surface area contributed by atoms with Crippen LogP contribution in [0.2, 0.25) is 0 Å². The highest BCUT2D eigenvalue weighted by Gasteiger charge is 2.56. The number of aliphatic hydroxyl groups is 3. The predicted octanol–water partition coefficient (Wildman–Crippen LogP) is 3.80. The van der Waals surface area contributed by atoms with Gasteiger partial charge in [0.25, 0.3) is 0 Å². The standard InChI is InChI=1S/C24H37NO3/c1-23-16-19(18-10-5-4-6-11-18)25(17-24(28)14-7-2-3-8-15-24)21(23)13-9-12-20(26)22(23)27/h4-6,10-11,19-22,26-28H,2-3,7-9,12-17H2,1H3/t19-,20-,21-,22-,23-/m1/s1. The Kier molecular flexibility index (Phi) is 5.85. The van der Waals surface area contributed by atoms with Crippen LogP contribution in [0.4, 0.5) is 0 Å². The van der Waals surface area contributed by atoms with Gasteiger partial charge in [-0.05, 0) is 44.1 Å². The molecule has 28 heavy (non-hydrogen) atoms. The number of hydrogen-bond donors (Lipinski definition) is 3. The molecule has 1 heterocycles. The first-order chi connectivity index (χ1) is 13.4. The van der Waals surface area contributed by atoms with Crippen LogP contribution in [-0.2, 0) is 0 Å². The van der Waals surface area contributed by atoms with Crippen LogP contribution in [0.5, 0.6) is 0 Å². The van der Waals surface area contributed by atoms with Gasteiger partial charge in [-0.25, -0.2) is 0 Å². The lowest BCUT2D eigenvalue weighted by atomic mass is 9.74. The number of fused-ring (bicyclic) bond motifs is 1. The highest BCUT2D eigenvalue weighted by Crippen LogP contribution is 2.54. The summed E-state index contributed by atoms with van der Waals surface area (Å²) in [5.41, 5.74) is 0.276. The molecule has 3 fully saturated rings. The molecule has 5 atom stereocenters. The van der Waals surface area contributed by atoms with Crippen molar-refractivity contribution >= 4 is 0 Å². The Labute approximate surface area is 169 Å². The van der Waals surface area contributed by atoms with Crippen molar-refractivity contribution in [2.75, 3.05) is 6.54 Å². The summed E-state index contributed by atoms with van der Waals surface area (Å²) in [7, 11) is 0. The molecule has 1 aliphatic heterocycles. The Morgan fingerprint density at radius 2 is 1.64 bits per heavy atom. The van der Waals surface area contributed by atoms with Crippen molar-refractivity contribution in [1.29, 1.82) is 0 Å². The van der Waals surface area contributed by atoms with E-state index in [4.69, 9.17) is 0 Å². The van der Waals surface area contributed by atoms with Crippen LogP contribution in [0.1, 0.15) is 82.7 Å². The number of benzene rings is 1. The van der Waals surface area contributed by atoms with Crippen LogP contribution in [0, 0.1) is 5.41 Å². The monoisotopic (exact) mass is 387 g/mol. The first-order valence-electron chi connectivity index (χ1n) is 11.3. The highest BCUT2D eigenvalue weighted by molar-refractivity contribution is 5.24. The van der Waals surface area contributed by atoms with Gasteiger partial charge >= 0.3 is 0 Å². The van der Waals surface area contributed by atoms with E-state index in [0.717, 1.165) is 44.9 Å². The van der Waals surface area contributed by atoms with Gasteiger partial charge in [0.2, 0.25) is 0 Å². The molecule has 0 aromatic heterocycles. The fourth-order valence-corrected chi connectivity index (χ4v) is 6.29. The molecule has 0 unspecified atom stereocenters. The van der Waals surface area contributed by atoms with Gasteiger partial charge in [0.05, 0.1) is 17.8 Å². The van der Waals surface area contributed by atoms with E-state index in [0.29, 0.717) is 13.0 Å². The summed E-state index contributed by atoms with van der Waals surface area (Å²) in [4.78, 5) is 2.50. The first-order valence-corrected chi connectivity index (χ1v) is 11.3. The van der Waals surface area contributed by atoms with E-state index in [2.05, 4.69) is 36.1 Å². The summed E-state index contributed by atoms with van der Waals surface area (Å²) >= 11 is 0. The van der Waals surface area contributed by atoms with E-state index < -0.39 is 17.8 Å². The zero-order chi connectivity index (χ0) is 19.8. The molecular formula is C24H37NO3. The quantitative estimate of drug-likeness (QED) is 0.691. The van der Waals surface area contributed by atoms with Gasteiger partial charge < -0.3 is 15.3 Å². The third kappa shape index (κ3) is 3.77. The molecular weight excluding hydrogens is 350 g/mol. The van der Waals surface area contributed by atoms with E-state index in [1.165, 1.54) is 18.4 Å². The molecule has 3 aliphatic rings. The number of nitrogens with zero attached hydrogens (tertiary/aromatic N) is 1. The van der Waals surface area contributed by atoms with Crippen molar-refractivity contribution in [1.82, 2.24) is 4.90 Å². The largest absolute Gasteiger partial charge is 0.390 e. The van der Waals surface area contributed by atoms with Crippen molar-refractivity contribution in [3.05, 3.63) is 35.9 Å². The Hall–Kier alpha value is -0.940. The number of hydrogen-bond acceptors (Lipinski definition) is 4. The van der Waals surface area contributed by atoms with Crippen LogP contribution >= 0.6 is 0 Å². The van der Waals surface area contributed by atoms with Crippen LogP contribution in [0.25, 0.3) is 0 Å². The van der Waals surface area contributed by atoms with Crippen molar-refractivity contribution in [2.24, 2.45) is 5.41 Å². The summed E-state index contributed by atoms with van der Waals surface area (Å²) in [6, 6.07) is 10.9. The van der Waals surface area contributed by atoms with Crippen LogP contribution in [0.3, 0.4) is 0 Å². The number of likely N-dealkylation sites (tertiary alicyclic amines) is 1. The van der Waals surface area contributed by atoms with Gasteiger partial charge in [-0.3, -0.25) is 4.90 Å². The molecule has 0 spiro atoms. The number of β-amino-alcohol motifs (C(OH)–C–C–N with tert-alkyl or cyclic N) is 1. The molecule has 4 rings (SSSR count). The fourth-order valence-electron chi connectivity index (χ4n) is 6.29. The zero-order valence-electron chi connectivity index (χ0n) is 17.3. The molecule has 3 N–H and O–H groups in total. The second-order valence-corrected chi connectivity index (χ2v) is 9.91. The van der Waals surface area contributed by atoms with Gasteiger partial charge in [-0.2, -0.15) is 0 Å². The second-order valence-electron chi connectivity index (χ2n) is 9.91. The minimum Gasteiger partial charge on any atom is -0.390 e. The van der Waals surface area contributed by atoms with Gasteiger partial charge in [0.15, 0.2) is 0 Å². The van der Waals surface area contributed by atoms with Crippen LogP contribution in [0.15, 0.2) is 30.3 Å². The molecule has 0 bridgehead atoms. The van der Waals surface area contributed by atoms with Crippen molar-refractivity contribution < 1.29 is 15.3 Å². The maximum Gasteiger partial charge on any atom is 0.0868 e. The van der Waals surface area contributed by atoms with Gasteiger partial charge in [0, 0.05) is 24.0 Å². The predicted molar refractivity (Wildman–Crippen MR) is 111 cm³/mol. The van der Waals surface area contributed by atoms with E-state index in [-0.39, 0.29) is 17.5 Å². The summed E-state index contributed by atoms with van der Waals surface area (Å²) in [5, 5.41) is 33.0. The van der Waals surface area contributed by atoms with Crippen molar-refractivity contribution in [2.45, 2.75) is 101 Å². The third-order valence-corrected chi connectivity index (χ3v) is 7.91. The molecule has 2 saturated carbocycles. The fraction of sp³-hybridized carbons (Fsp3) is 0.750. The summed E-state index contributed by atoms with van der Waals surface area (Å²) < 4.78 is 0. The molecule has 4 nitrogen and oxygen atoms in total. The Morgan fingerprint density at radius 1 is 0.964 bits per heavy atom. The molecule has 156 valence electrons. The third-order valence-electron chi connectivity index (χ3n) is 7.91. The summed E-state index contributed by atoms with van der Waals surface area (Å²) in [6.45, 7) is 2.83. The van der Waals surface area contributed by atoms with E-state index in [9.17, 15) is 15.3 Å². The van der Waals surface area contributed by atoms with Crippen LogP contribution in [-0.4, -0.2) is 50.6 Å². The lowest BCUT2D eigenvalue weighted by Crippen LogP contribution is -2.51. The molecule has 0 radical (unpaired) electrons. The average molecular weight is 388 g/mol. The molecule has 4 heteroatoms. The minimum atomic E-state index is -0.708. The topological polar surface area (TPSA) is 63.9 Å². The van der Waals surface area contributed by atoms with E-state index >= 15 is 0 Å². The van der Waals surface area contributed by atoms with E-state index in [1.807, 2.05) is 6.07 Å². The molecule has 1 saturated heterocycles. The lowest BCUT2D eigenvalue weighted by Gasteiger charge is -2.41. The SMILES string of the molecule is C[C@@]12C[C@H](c3ccccc3)N(CC3(O)CCCCCC3)[C@@H]1CCC[C@@H](O)[C@H]2O. The molecule has 1 aromatic rings. The molecule has 0 amide bonds. The number of aliphatic hydroxyl groups excluding tert-OH is 2. The second kappa shape index (κ2) is 8.06. The Bertz CT molecular complexity index is 643. The van der Waals surface area contributed by atoms with Gasteiger partial charge in [-0.1, -0.05) is 62.9 Å². The average Bonchev–Trinajstić information content (AvgIpc) is 2.81. The Morgan fingerprint density at radius 3 is 2.32 bits per heavy atom. The summed E-state index contributed by atoms with van der Waals surface area (Å²) in [6.07, 6.45) is 8.43. The molecule has 2 aliphatic carbocycles. The molecule has 1 aromatic carbocycles.